The van der Waals surface area contributed by atoms with Gasteiger partial charge in [0.15, 0.2) is 0 Å². The van der Waals surface area contributed by atoms with Crippen LogP contribution in [0.25, 0.3) is 0 Å². The zero-order chi connectivity index (χ0) is 52.8. The van der Waals surface area contributed by atoms with Crippen LogP contribution in [0.2, 0.25) is 0 Å². The molecule has 6 aromatic heterocycles. The van der Waals surface area contributed by atoms with Gasteiger partial charge >= 0.3 is 34.1 Å². The fourth-order valence-corrected chi connectivity index (χ4v) is 5.74. The Morgan fingerprint density at radius 3 is 0.947 bits per heavy atom. The topological polar surface area (TPSA) is 464 Å². The number of hydrogen-bond acceptors (Lipinski definition) is 22. The molecule has 0 amide bonds. The molecule has 0 saturated heterocycles. The Kier molecular flexibility index (Phi) is 35.3. The van der Waals surface area contributed by atoms with Gasteiger partial charge in [-0.3, -0.25) is 55.1 Å². The van der Waals surface area contributed by atoms with Crippen LogP contribution in [0.4, 0.5) is 0 Å². The van der Waals surface area contributed by atoms with E-state index in [2.05, 4.69) is 101 Å². The molecule has 0 spiro atoms. The first-order valence-corrected chi connectivity index (χ1v) is 24.3. The minimum atomic E-state index is -4.94. The summed E-state index contributed by atoms with van der Waals surface area (Å²) in [5, 5.41) is 45.3. The van der Waals surface area contributed by atoms with Gasteiger partial charge in [-0.25, -0.2) is 37.3 Å². The number of aryl methyl sites for hydroxylation is 6. The fourth-order valence-electron chi connectivity index (χ4n) is 5.74. The van der Waals surface area contributed by atoms with Crippen molar-refractivity contribution >= 4 is 37.3 Å². The molecule has 0 aliphatic carbocycles. The van der Waals surface area contributed by atoms with Crippen LogP contribution in [0.5, 0.6) is 0 Å². The molecule has 0 aromatic carbocycles. The maximum absolute atomic E-state index is 8.49. The number of halogens is 2. The number of hydrogen-bond donors (Lipinski definition) is 3. The van der Waals surface area contributed by atoms with E-state index in [9.17, 15) is 0 Å². The van der Waals surface area contributed by atoms with Crippen molar-refractivity contribution in [1.29, 1.82) is 0 Å². The Bertz CT molecular complexity index is 2150. The van der Waals surface area contributed by atoms with Crippen molar-refractivity contribution in [1.82, 2.24) is 71.0 Å². The van der Waals surface area contributed by atoms with Crippen LogP contribution in [-0.4, -0.2) is 177 Å². The minimum Gasteiger partial charge on any atom is -0.579 e. The van der Waals surface area contributed by atoms with Crippen molar-refractivity contribution in [2.75, 3.05) is 78.5 Å². The first-order chi connectivity index (χ1) is 34.2. The van der Waals surface area contributed by atoms with Gasteiger partial charge in [-0.15, -0.1) is 37.6 Å². The van der Waals surface area contributed by atoms with Crippen LogP contribution < -0.4 is 52.6 Å². The summed E-state index contributed by atoms with van der Waals surface area (Å²) >= 11 is 0. The summed E-state index contributed by atoms with van der Waals surface area (Å²) in [7, 11) is -9.89. The number of aliphatic imine (C=N–C) groups is 6. The van der Waals surface area contributed by atoms with E-state index >= 15 is 0 Å². The van der Waals surface area contributed by atoms with Gasteiger partial charge in [0.05, 0.1) is 50.7 Å². The molecule has 0 bridgehead atoms. The molecular formula is C42H59Cl2Fe2N20O9. The molecule has 0 saturated carbocycles. The smallest absolute Gasteiger partial charge is 0.579 e. The summed E-state index contributed by atoms with van der Waals surface area (Å²) in [5.41, 5.74) is 10.7. The average Bonchev–Trinajstić information content (AvgIpc) is 4.18. The molecule has 0 fully saturated rings. The number of nitrogens with zero attached hydrogens (tertiary/aromatic N) is 17. The summed E-state index contributed by atoms with van der Waals surface area (Å²) in [4.78, 5) is 31.5. The molecule has 5 N–H and O–H groups in total. The predicted octanol–water partition coefficient (Wildman–Crippen LogP) is -7.97. The number of aromatic amines is 3. The molecule has 1 radical (unpaired) electrons. The fraction of sp³-hybridized carbons (Fsp3) is 0.429. The monoisotopic (exact) mass is 1170 g/mol. The van der Waals surface area contributed by atoms with Crippen LogP contribution in [-0.2, 0) is 34.1 Å². The standard InChI is InChI=1S/C21H29N10.C21H28N10.2ClHO4.2Fe.H2O/c2*1-16-10-19(28-25-16)13-22-4-7-31(8-5-23-14-20-11-17(2)26-29-20)9-6-24-15-21-12-18(3)27-30-21;2*2-1(3,4)5;;;/h10-15H,4-9H2,1-3H3,(H2-,25,26,27,28,29,30);10-15H,4-9H2,1-3H3,(H-2,25,26,27,28,29,30);2*(H,2,3,4,5);;;1H2/q-1;-2;;;+2;+3;/p-2. The molecule has 33 heteroatoms. The molecule has 0 aliphatic rings. The molecule has 29 nitrogen and oxygen atoms in total. The van der Waals surface area contributed by atoms with Crippen LogP contribution >= 0.6 is 0 Å². The van der Waals surface area contributed by atoms with Gasteiger partial charge in [-0.2, -0.15) is 15.3 Å². The van der Waals surface area contributed by atoms with Crippen LogP contribution in [0.15, 0.2) is 66.4 Å². The van der Waals surface area contributed by atoms with E-state index in [0.717, 1.165) is 108 Å². The summed E-state index contributed by atoms with van der Waals surface area (Å²) < 4.78 is 67.9. The molecule has 6 heterocycles. The van der Waals surface area contributed by atoms with E-state index in [1.165, 1.54) is 0 Å². The predicted molar refractivity (Wildman–Crippen MR) is 248 cm³/mol. The van der Waals surface area contributed by atoms with E-state index in [4.69, 9.17) is 37.3 Å². The molecule has 6 rings (SSSR count). The third-order valence-corrected chi connectivity index (χ3v) is 8.83. The first-order valence-electron chi connectivity index (χ1n) is 21.8. The second kappa shape index (κ2) is 38.1. The second-order valence-electron chi connectivity index (χ2n) is 15.3. The van der Waals surface area contributed by atoms with E-state index < -0.39 is 20.5 Å². The Balaban J connectivity index is 0.00000119. The number of rotatable bonds is 24. The summed E-state index contributed by atoms with van der Waals surface area (Å²) in [6.07, 6.45) is 10.7. The zero-order valence-corrected chi connectivity index (χ0v) is 45.5. The molecule has 0 unspecified atom stereocenters. The van der Waals surface area contributed by atoms with Gasteiger partial charge in [0.25, 0.3) is 0 Å². The number of aromatic nitrogens is 12. The molecular weight excluding hydrogens is 1110 g/mol. The van der Waals surface area contributed by atoms with E-state index in [-0.39, 0.29) is 39.6 Å². The Hall–Kier alpha value is -5.54. The molecule has 411 valence electrons. The van der Waals surface area contributed by atoms with Crippen molar-refractivity contribution in [3.05, 3.63) is 105 Å². The van der Waals surface area contributed by atoms with Gasteiger partial charge in [0.1, 0.15) is 17.1 Å². The van der Waals surface area contributed by atoms with Gasteiger partial charge in [0.2, 0.25) is 0 Å². The largest absolute Gasteiger partial charge is 3.00 e. The maximum atomic E-state index is 8.49. The maximum Gasteiger partial charge on any atom is 3.00 e. The number of nitrogens with one attached hydrogen (secondary N) is 3. The van der Waals surface area contributed by atoms with Crippen molar-refractivity contribution in [2.24, 2.45) is 30.0 Å². The quantitative estimate of drug-likeness (QED) is 0.0374. The molecule has 0 aliphatic heterocycles. The van der Waals surface area contributed by atoms with Crippen molar-refractivity contribution in [2.45, 2.75) is 41.5 Å². The second-order valence-corrected chi connectivity index (χ2v) is 16.8. The average molecular weight is 1170 g/mol. The summed E-state index contributed by atoms with van der Waals surface area (Å²) in [6.45, 7) is 20.6. The van der Waals surface area contributed by atoms with Gasteiger partial charge in [-0.05, 0) is 45.9 Å². The molecule has 6 aromatic rings. The Morgan fingerprint density at radius 1 is 0.440 bits per heavy atom. The van der Waals surface area contributed by atoms with Crippen molar-refractivity contribution in [3.63, 3.8) is 0 Å². The van der Waals surface area contributed by atoms with Gasteiger partial charge < -0.3 is 36.1 Å². The molecule has 0 atom stereocenters. The summed E-state index contributed by atoms with van der Waals surface area (Å²) in [6, 6.07) is 11.6. The van der Waals surface area contributed by atoms with Gasteiger partial charge in [-0.1, -0.05) is 32.0 Å². The van der Waals surface area contributed by atoms with E-state index in [1.54, 1.807) is 37.3 Å². The molecule has 75 heavy (non-hydrogen) atoms. The SMILES string of the molecule is Cc1cc(C=NCCN(CCN=Cc2cc(C)[n-]n2)CCN=Cc2cc(C)[nH]n2)[n-]n1.Cc1cc(C=NCCN(CCN=Cc2cc(C)[nH]n2)CCN=Cc2cc(C)[nH]n2)n[n-]1.O.[Fe+2].[Fe+3].[O-][Cl+3]([O-])([O-])[O-].[O-][Cl+3]([O-])([O-])[O-]. The van der Waals surface area contributed by atoms with Crippen molar-refractivity contribution in [3.8, 4) is 0 Å². The minimum absolute atomic E-state index is 0. The Labute approximate surface area is 458 Å². The van der Waals surface area contributed by atoms with Crippen molar-refractivity contribution < 1.29 is 97.4 Å². The first kappa shape index (κ1) is 69.5. The Morgan fingerprint density at radius 2 is 0.720 bits per heavy atom. The van der Waals surface area contributed by atoms with E-state index in [1.807, 2.05) is 77.9 Å². The van der Waals surface area contributed by atoms with E-state index in [0.29, 0.717) is 39.3 Å². The third kappa shape index (κ3) is 37.0. The third-order valence-electron chi connectivity index (χ3n) is 8.83. The van der Waals surface area contributed by atoms with Crippen LogP contribution in [0, 0.1) is 62.0 Å². The summed E-state index contributed by atoms with van der Waals surface area (Å²) in [5.74, 6) is 0. The van der Waals surface area contributed by atoms with Crippen LogP contribution in [0.1, 0.15) is 68.3 Å². The normalized spacial score (nSPS) is 11.8. The van der Waals surface area contributed by atoms with Gasteiger partial charge in [0, 0.05) is 99.3 Å². The zero-order valence-electron chi connectivity index (χ0n) is 41.7. The number of H-pyrrole nitrogens is 3. The van der Waals surface area contributed by atoms with Crippen LogP contribution in [0.3, 0.4) is 0 Å².